The lowest BCUT2D eigenvalue weighted by Gasteiger charge is -2.22. The number of benzene rings is 2. The summed E-state index contributed by atoms with van der Waals surface area (Å²) in [4.78, 5) is 21.9. The Morgan fingerprint density at radius 2 is 1.60 bits per heavy atom. The molecule has 1 saturated heterocycles. The van der Waals surface area contributed by atoms with Gasteiger partial charge in [0.05, 0.1) is 20.0 Å². The molecular weight excluding hydrogens is 508 g/mol. The molecule has 2 heterocycles. The van der Waals surface area contributed by atoms with Crippen molar-refractivity contribution in [3.63, 3.8) is 0 Å². The SMILES string of the molecule is CN(C)CCN(C(=O)c1ccc(S(=O)(=O)N2CCCC2)cc1)c1nc2ccc(S(C)(=O)=O)cc2s1. The number of aromatic nitrogens is 1. The molecule has 0 radical (unpaired) electrons. The summed E-state index contributed by atoms with van der Waals surface area (Å²) < 4.78 is 51.7. The number of sulfone groups is 1. The van der Waals surface area contributed by atoms with Crippen LogP contribution >= 0.6 is 11.3 Å². The Balaban J connectivity index is 1.65. The Hall–Kier alpha value is -2.38. The average molecular weight is 537 g/mol. The van der Waals surface area contributed by atoms with Crippen LogP contribution in [0.5, 0.6) is 0 Å². The van der Waals surface area contributed by atoms with Crippen LogP contribution in [0.4, 0.5) is 5.13 Å². The molecule has 4 rings (SSSR count). The van der Waals surface area contributed by atoms with Crippen LogP contribution in [0.2, 0.25) is 0 Å². The number of nitrogens with zero attached hydrogens (tertiary/aromatic N) is 4. The maximum atomic E-state index is 13.5. The maximum absolute atomic E-state index is 13.5. The highest BCUT2D eigenvalue weighted by Crippen LogP contribution is 2.31. The molecule has 35 heavy (non-hydrogen) atoms. The predicted octanol–water partition coefficient (Wildman–Crippen LogP) is 2.69. The van der Waals surface area contributed by atoms with E-state index in [1.807, 2.05) is 19.0 Å². The highest BCUT2D eigenvalue weighted by atomic mass is 32.2. The van der Waals surface area contributed by atoms with E-state index in [2.05, 4.69) is 4.98 Å². The highest BCUT2D eigenvalue weighted by Gasteiger charge is 2.28. The molecule has 1 aromatic heterocycles. The first-order valence-corrected chi connectivity index (χ1v) is 15.3. The molecule has 0 aliphatic carbocycles. The van der Waals surface area contributed by atoms with Crippen molar-refractivity contribution < 1.29 is 21.6 Å². The number of likely N-dealkylation sites (N-methyl/N-ethyl adjacent to an activating group) is 1. The van der Waals surface area contributed by atoms with Gasteiger partial charge in [0.15, 0.2) is 15.0 Å². The van der Waals surface area contributed by atoms with Gasteiger partial charge in [0, 0.05) is 38.0 Å². The lowest BCUT2D eigenvalue weighted by atomic mass is 10.2. The minimum atomic E-state index is -3.57. The summed E-state index contributed by atoms with van der Waals surface area (Å²) in [5, 5.41) is 0.450. The summed E-state index contributed by atoms with van der Waals surface area (Å²) >= 11 is 1.24. The lowest BCUT2D eigenvalue weighted by molar-refractivity contribution is 0.0985. The predicted molar refractivity (Wildman–Crippen MR) is 137 cm³/mol. The van der Waals surface area contributed by atoms with Crippen LogP contribution in [0, 0.1) is 0 Å². The van der Waals surface area contributed by atoms with Gasteiger partial charge < -0.3 is 4.90 Å². The molecule has 0 atom stereocenters. The van der Waals surface area contributed by atoms with Gasteiger partial charge in [-0.2, -0.15) is 4.31 Å². The van der Waals surface area contributed by atoms with Crippen LogP contribution < -0.4 is 4.90 Å². The van der Waals surface area contributed by atoms with Gasteiger partial charge in [-0.05, 0) is 69.4 Å². The minimum absolute atomic E-state index is 0.170. The van der Waals surface area contributed by atoms with Gasteiger partial charge in [0.25, 0.3) is 5.91 Å². The standard InChI is InChI=1S/C23H28N4O5S3/c1-25(2)14-15-27(23-24-20-11-10-19(34(3,29)30)16-21(20)33-23)22(28)17-6-8-18(9-7-17)35(31,32)26-12-4-5-13-26/h6-11,16H,4-5,12-15H2,1-3H3. The second kappa shape index (κ2) is 9.94. The van der Waals surface area contributed by atoms with Crippen LogP contribution in [-0.4, -0.2) is 83.5 Å². The minimum Gasteiger partial charge on any atom is -0.308 e. The molecule has 1 amide bonds. The fourth-order valence-electron chi connectivity index (χ4n) is 3.83. The number of hydrogen-bond acceptors (Lipinski definition) is 8. The Morgan fingerprint density at radius 1 is 0.971 bits per heavy atom. The number of rotatable bonds is 8. The second-order valence-electron chi connectivity index (χ2n) is 8.79. The zero-order valence-electron chi connectivity index (χ0n) is 19.8. The first kappa shape index (κ1) is 25.7. The van der Waals surface area contributed by atoms with Crippen LogP contribution in [0.1, 0.15) is 23.2 Å². The molecule has 1 fully saturated rings. The summed E-state index contributed by atoms with van der Waals surface area (Å²) in [6, 6.07) is 10.7. The lowest BCUT2D eigenvalue weighted by Crippen LogP contribution is -2.36. The van der Waals surface area contributed by atoms with Crippen LogP contribution in [0.3, 0.4) is 0 Å². The summed E-state index contributed by atoms with van der Waals surface area (Å²) in [6.07, 6.45) is 2.85. The molecule has 0 bridgehead atoms. The molecular formula is C23H28N4O5S3. The van der Waals surface area contributed by atoms with Gasteiger partial charge in [-0.25, -0.2) is 21.8 Å². The number of carbonyl (C=O) groups is 1. The summed E-state index contributed by atoms with van der Waals surface area (Å²) in [7, 11) is -3.14. The van der Waals surface area contributed by atoms with Gasteiger partial charge in [-0.1, -0.05) is 11.3 Å². The normalized spacial score (nSPS) is 15.2. The highest BCUT2D eigenvalue weighted by molar-refractivity contribution is 7.90. The largest absolute Gasteiger partial charge is 0.308 e. The molecule has 188 valence electrons. The monoisotopic (exact) mass is 536 g/mol. The number of amides is 1. The van der Waals surface area contributed by atoms with E-state index in [1.165, 1.54) is 46.0 Å². The van der Waals surface area contributed by atoms with Crippen molar-refractivity contribution in [2.75, 3.05) is 51.4 Å². The number of thiazole rings is 1. The molecule has 1 aliphatic heterocycles. The molecule has 1 aliphatic rings. The topological polar surface area (TPSA) is 108 Å². The van der Waals surface area contributed by atoms with Crippen molar-refractivity contribution in [3.8, 4) is 0 Å². The van der Waals surface area contributed by atoms with Crippen molar-refractivity contribution in [1.82, 2.24) is 14.2 Å². The van der Waals surface area contributed by atoms with Gasteiger partial charge in [0.1, 0.15) is 0 Å². The van der Waals surface area contributed by atoms with E-state index in [4.69, 9.17) is 0 Å². The Morgan fingerprint density at radius 3 is 2.20 bits per heavy atom. The van der Waals surface area contributed by atoms with Crippen molar-refractivity contribution in [1.29, 1.82) is 0 Å². The Kier molecular flexibility index (Phi) is 7.30. The van der Waals surface area contributed by atoms with Gasteiger partial charge in [-0.3, -0.25) is 9.69 Å². The zero-order chi connectivity index (χ0) is 25.4. The summed E-state index contributed by atoms with van der Waals surface area (Å²) in [6.45, 7) is 1.97. The van der Waals surface area contributed by atoms with Crippen molar-refractivity contribution in [2.24, 2.45) is 0 Å². The fraction of sp³-hybridized carbons (Fsp3) is 0.391. The third-order valence-electron chi connectivity index (χ3n) is 5.83. The van der Waals surface area contributed by atoms with E-state index in [1.54, 1.807) is 17.0 Å². The molecule has 9 nitrogen and oxygen atoms in total. The summed E-state index contributed by atoms with van der Waals surface area (Å²) in [5.74, 6) is -0.306. The van der Waals surface area contributed by atoms with Crippen molar-refractivity contribution in [2.45, 2.75) is 22.6 Å². The smallest absolute Gasteiger partial charge is 0.260 e. The average Bonchev–Trinajstić information content (AvgIpc) is 3.48. The number of carbonyl (C=O) groups excluding carboxylic acids is 1. The van der Waals surface area contributed by atoms with E-state index >= 15 is 0 Å². The first-order chi connectivity index (χ1) is 16.5. The molecule has 0 N–H and O–H groups in total. The van der Waals surface area contributed by atoms with Crippen LogP contribution in [-0.2, 0) is 19.9 Å². The molecule has 3 aromatic rings. The van der Waals surface area contributed by atoms with E-state index in [0.29, 0.717) is 47.1 Å². The van der Waals surface area contributed by atoms with Gasteiger partial charge in [-0.15, -0.1) is 0 Å². The Bertz CT molecular complexity index is 1440. The van der Waals surface area contributed by atoms with Gasteiger partial charge >= 0.3 is 0 Å². The van der Waals surface area contributed by atoms with Crippen LogP contribution in [0.25, 0.3) is 10.2 Å². The Labute approximate surface area is 210 Å². The summed E-state index contributed by atoms with van der Waals surface area (Å²) in [5.41, 5.74) is 0.951. The van der Waals surface area contributed by atoms with E-state index in [9.17, 15) is 21.6 Å². The van der Waals surface area contributed by atoms with E-state index in [0.717, 1.165) is 19.1 Å². The third kappa shape index (κ3) is 5.56. The number of fused-ring (bicyclic) bond motifs is 1. The van der Waals surface area contributed by atoms with Gasteiger partial charge in [0.2, 0.25) is 10.0 Å². The maximum Gasteiger partial charge on any atom is 0.260 e. The molecule has 12 heteroatoms. The van der Waals surface area contributed by atoms with E-state index in [-0.39, 0.29) is 15.7 Å². The van der Waals surface area contributed by atoms with Crippen molar-refractivity contribution in [3.05, 3.63) is 48.0 Å². The molecule has 0 spiro atoms. The number of sulfonamides is 1. The quantitative estimate of drug-likeness (QED) is 0.436. The number of hydrogen-bond donors (Lipinski definition) is 0. The first-order valence-electron chi connectivity index (χ1n) is 11.1. The molecule has 2 aromatic carbocycles. The number of anilines is 1. The van der Waals surface area contributed by atoms with Crippen molar-refractivity contribution >= 4 is 52.5 Å². The zero-order valence-corrected chi connectivity index (χ0v) is 22.3. The van der Waals surface area contributed by atoms with E-state index < -0.39 is 19.9 Å². The van der Waals surface area contributed by atoms with Crippen LogP contribution in [0.15, 0.2) is 52.3 Å². The molecule has 0 unspecified atom stereocenters. The second-order valence-corrected chi connectivity index (χ2v) is 13.8. The molecule has 0 saturated carbocycles. The fourth-order valence-corrected chi connectivity index (χ4v) is 7.09. The third-order valence-corrected chi connectivity index (χ3v) is 9.89.